The molecule has 0 radical (unpaired) electrons. The number of rotatable bonds is 7. The quantitative estimate of drug-likeness (QED) is 0.238. The summed E-state index contributed by atoms with van der Waals surface area (Å²) in [6.07, 6.45) is 1.59. The van der Waals surface area contributed by atoms with Crippen LogP contribution in [0, 0.1) is 17.5 Å². The van der Waals surface area contributed by atoms with Crippen molar-refractivity contribution in [2.45, 2.75) is 22.0 Å². The molecule has 0 aliphatic carbocycles. The highest BCUT2D eigenvalue weighted by Gasteiger charge is 2.53. The molecule has 1 fully saturated rings. The summed E-state index contributed by atoms with van der Waals surface area (Å²) in [5.74, 6) is -6.52. The van der Waals surface area contributed by atoms with Crippen LogP contribution in [0.1, 0.15) is 4.88 Å². The van der Waals surface area contributed by atoms with Crippen LogP contribution in [0.2, 0.25) is 0 Å². The highest BCUT2D eigenvalue weighted by molar-refractivity contribution is 8.04. The van der Waals surface area contributed by atoms with Gasteiger partial charge in [-0.05, 0) is 34.6 Å². The van der Waals surface area contributed by atoms with E-state index in [4.69, 9.17) is 0 Å². The molecule has 1 aromatic carbocycles. The van der Waals surface area contributed by atoms with Crippen molar-refractivity contribution in [1.29, 1.82) is 0 Å². The van der Waals surface area contributed by atoms with Crippen molar-refractivity contribution < 1.29 is 32.7 Å². The van der Waals surface area contributed by atoms with Crippen LogP contribution in [-0.2, 0) is 20.8 Å². The second-order valence-electron chi connectivity index (χ2n) is 8.10. The molecule has 0 spiro atoms. The van der Waals surface area contributed by atoms with Crippen molar-refractivity contribution in [1.82, 2.24) is 10.2 Å². The van der Waals surface area contributed by atoms with Crippen LogP contribution in [0.3, 0.4) is 0 Å². The number of nitrogens with one attached hydrogen (secondary N) is 1. The molecule has 1 saturated heterocycles. The van der Waals surface area contributed by atoms with Gasteiger partial charge < -0.3 is 10.4 Å². The lowest BCUT2D eigenvalue weighted by Gasteiger charge is -2.49. The van der Waals surface area contributed by atoms with E-state index < -0.39 is 46.2 Å². The molecule has 4 heterocycles. The number of carbonyl (C=O) groups excluding carboxylic acids is 2. The van der Waals surface area contributed by atoms with Crippen LogP contribution in [0.5, 0.6) is 0 Å². The normalized spacial score (nSPS) is 19.1. The Labute approximate surface area is 229 Å². The second kappa shape index (κ2) is 10.6. The minimum atomic E-state index is -1.67. The van der Waals surface area contributed by atoms with E-state index in [0.717, 1.165) is 38.9 Å². The molecule has 2 aliphatic heterocycles. The predicted octanol–water partition coefficient (Wildman–Crippen LogP) is 4.33. The fourth-order valence-corrected chi connectivity index (χ4v) is 7.97. The second-order valence-corrected chi connectivity index (χ2v) is 12.5. The molecule has 196 valence electrons. The Balaban J connectivity index is 1.33. The first kappa shape index (κ1) is 26.5. The summed E-state index contributed by atoms with van der Waals surface area (Å²) in [5.41, 5.74) is -0.572. The summed E-state index contributed by atoms with van der Waals surface area (Å²) in [7, 11) is 0. The Kier molecular flexibility index (Phi) is 7.40. The number of carboxylic acid groups (broad SMARTS) is 1. The molecule has 1 unspecified atom stereocenters. The summed E-state index contributed by atoms with van der Waals surface area (Å²) < 4.78 is 41.3. The highest BCUT2D eigenvalue weighted by atomic mass is 32.2. The molecule has 5 rings (SSSR count). The van der Waals surface area contributed by atoms with Gasteiger partial charge in [0.25, 0.3) is 5.91 Å². The molecule has 2 atom stereocenters. The first-order valence-corrected chi connectivity index (χ1v) is 14.5. The number of benzene rings is 1. The topological polar surface area (TPSA) is 104 Å². The van der Waals surface area contributed by atoms with Gasteiger partial charge >= 0.3 is 5.97 Å². The molecule has 7 nitrogen and oxygen atoms in total. The van der Waals surface area contributed by atoms with E-state index in [2.05, 4.69) is 5.32 Å². The van der Waals surface area contributed by atoms with Crippen molar-refractivity contribution in [2.24, 2.45) is 0 Å². The molecule has 0 saturated carbocycles. The van der Waals surface area contributed by atoms with Gasteiger partial charge in [-0.3, -0.25) is 19.3 Å². The monoisotopic (exact) mass is 596 g/mol. The van der Waals surface area contributed by atoms with Crippen molar-refractivity contribution in [3.8, 4) is 0 Å². The van der Waals surface area contributed by atoms with Gasteiger partial charge in [0, 0.05) is 22.1 Å². The van der Waals surface area contributed by atoms with Gasteiger partial charge in [0.05, 0.1) is 15.3 Å². The maximum Gasteiger partial charge on any atom is 0.352 e. The van der Waals surface area contributed by atoms with Crippen molar-refractivity contribution in [2.75, 3.05) is 5.75 Å². The average molecular weight is 597 g/mol. The van der Waals surface area contributed by atoms with Crippen molar-refractivity contribution in [3.63, 3.8) is 0 Å². The third-order valence-electron chi connectivity index (χ3n) is 5.72. The SMILES string of the molecule is O=C(Cc1cccs1)NC1C(=O)N2C(C(=O)O)=C(C=CSc3cc(=O)c4cc(F)c(F)c(F)c4s3)CS[C@@H]12. The molecule has 2 aromatic heterocycles. The highest BCUT2D eigenvalue weighted by Crippen LogP contribution is 2.41. The molecule has 14 heteroatoms. The third-order valence-corrected chi connectivity index (χ3v) is 9.98. The molecule has 3 aromatic rings. The van der Waals surface area contributed by atoms with Gasteiger partial charge in [0.1, 0.15) is 17.1 Å². The lowest BCUT2D eigenvalue weighted by molar-refractivity contribution is -0.150. The van der Waals surface area contributed by atoms with Crippen LogP contribution in [-0.4, -0.2) is 45.0 Å². The van der Waals surface area contributed by atoms with Gasteiger partial charge in [-0.25, -0.2) is 18.0 Å². The largest absolute Gasteiger partial charge is 0.477 e. The van der Waals surface area contributed by atoms with Crippen LogP contribution in [0.15, 0.2) is 61.4 Å². The van der Waals surface area contributed by atoms with Crippen LogP contribution < -0.4 is 10.7 Å². The Morgan fingerprint density at radius 3 is 2.71 bits per heavy atom. The zero-order valence-corrected chi connectivity index (χ0v) is 22.2. The molecular formula is C24H15F3N2O5S4. The number of halogens is 3. The number of β-lactam (4-membered cyclic amide) rings is 1. The smallest absolute Gasteiger partial charge is 0.352 e. The first-order valence-electron chi connectivity index (χ1n) is 10.8. The number of carbonyl (C=O) groups is 3. The van der Waals surface area contributed by atoms with E-state index in [1.807, 2.05) is 17.5 Å². The number of thiophene rings is 1. The Morgan fingerprint density at radius 2 is 2.00 bits per heavy atom. The van der Waals surface area contributed by atoms with Crippen LogP contribution in [0.4, 0.5) is 13.2 Å². The van der Waals surface area contributed by atoms with E-state index in [1.165, 1.54) is 34.6 Å². The minimum Gasteiger partial charge on any atom is -0.477 e. The average Bonchev–Trinajstić information content (AvgIpc) is 3.39. The van der Waals surface area contributed by atoms with E-state index in [-0.39, 0.29) is 38.1 Å². The lowest BCUT2D eigenvalue weighted by Crippen LogP contribution is -2.70. The Morgan fingerprint density at radius 1 is 1.21 bits per heavy atom. The van der Waals surface area contributed by atoms with Gasteiger partial charge in [-0.1, -0.05) is 17.8 Å². The number of hydrogen-bond donors (Lipinski definition) is 2. The van der Waals surface area contributed by atoms with Crippen molar-refractivity contribution in [3.05, 3.63) is 85.0 Å². The summed E-state index contributed by atoms with van der Waals surface area (Å²) in [6, 6.07) is 4.59. The summed E-state index contributed by atoms with van der Waals surface area (Å²) in [6.45, 7) is 0. The number of hydrogen-bond acceptors (Lipinski definition) is 8. The van der Waals surface area contributed by atoms with E-state index >= 15 is 0 Å². The zero-order chi connectivity index (χ0) is 27.1. The number of amides is 2. The Hall–Kier alpha value is -3.07. The maximum atomic E-state index is 14.2. The third kappa shape index (κ3) is 4.88. The van der Waals surface area contributed by atoms with Crippen LogP contribution in [0.25, 0.3) is 10.1 Å². The zero-order valence-electron chi connectivity index (χ0n) is 18.9. The number of thioether (sulfide) groups is 2. The maximum absolute atomic E-state index is 14.2. The number of aliphatic carboxylic acids is 1. The van der Waals surface area contributed by atoms with E-state index in [1.54, 1.807) is 0 Å². The summed E-state index contributed by atoms with van der Waals surface area (Å²) >= 11 is 4.43. The minimum absolute atomic E-state index is 0.123. The fraction of sp³-hybridized carbons (Fsp3) is 0.167. The lowest BCUT2D eigenvalue weighted by atomic mass is 10.0. The fourth-order valence-electron chi connectivity index (χ4n) is 3.98. The van der Waals surface area contributed by atoms with Gasteiger partial charge in [0.15, 0.2) is 22.9 Å². The standard InChI is InChI=1S/C24H15F3N2O5S4/c25-13-7-12-14(30)8-16(38-21(12)18(27)17(13)26)36-5-3-10-9-37-23-19(22(32)29(23)20(10)24(33)34)28-15(31)6-11-2-1-4-35-11/h1-5,7-8,19,23H,6,9H2,(H,28,31)(H,33,34)/t19?,23-/m0/s1. The van der Waals surface area contributed by atoms with Gasteiger partial charge in [0.2, 0.25) is 5.91 Å². The summed E-state index contributed by atoms with van der Waals surface area (Å²) in [4.78, 5) is 51.4. The Bertz CT molecular complexity index is 1600. The van der Waals surface area contributed by atoms with E-state index in [9.17, 15) is 37.5 Å². The van der Waals surface area contributed by atoms with Crippen LogP contribution >= 0.6 is 46.2 Å². The van der Waals surface area contributed by atoms with Gasteiger partial charge in [-0.15, -0.1) is 34.4 Å². The molecule has 2 aliphatic rings. The number of carboxylic acids is 1. The molecular weight excluding hydrogens is 582 g/mol. The molecule has 38 heavy (non-hydrogen) atoms. The summed E-state index contributed by atoms with van der Waals surface area (Å²) in [5, 5.41) is 15.0. The molecule has 0 bridgehead atoms. The number of allylic oxidation sites excluding steroid dienone is 1. The molecule has 2 N–H and O–H groups in total. The van der Waals surface area contributed by atoms with Crippen molar-refractivity contribution >= 4 is 74.1 Å². The first-order chi connectivity index (χ1) is 18.2. The predicted molar refractivity (Wildman–Crippen MR) is 141 cm³/mol. The molecule has 2 amide bonds. The number of nitrogens with zero attached hydrogens (tertiary/aromatic N) is 1. The number of fused-ring (bicyclic) bond motifs is 2. The van der Waals surface area contributed by atoms with Gasteiger partial charge in [-0.2, -0.15) is 0 Å². The van der Waals surface area contributed by atoms with E-state index in [0.29, 0.717) is 11.6 Å².